The zero-order chi connectivity index (χ0) is 25.7. The number of para-hydroxylation sites is 1. The number of carbonyl (C=O) groups is 1. The molecule has 0 aliphatic carbocycles. The first-order valence-corrected chi connectivity index (χ1v) is 14.3. The Balaban J connectivity index is 1.68. The van der Waals surface area contributed by atoms with Crippen molar-refractivity contribution in [3.63, 3.8) is 0 Å². The standard InChI is InChI=1S/C27H30N4O3S2/c1-4-6-18-30(3)36(33,34)23-15-13-21(14-16-23)26(32)31(19-22-11-7-8-17-28-22)27-29-25-20(5-2)10-9-12-24(25)35-27/h7-17H,4-6,18-19H2,1-3H3. The summed E-state index contributed by atoms with van der Waals surface area (Å²) < 4.78 is 28.1. The Morgan fingerprint density at radius 3 is 2.44 bits per heavy atom. The number of benzene rings is 2. The highest BCUT2D eigenvalue weighted by molar-refractivity contribution is 7.89. The summed E-state index contributed by atoms with van der Waals surface area (Å²) in [6.45, 7) is 4.81. The third-order valence-corrected chi connectivity index (χ3v) is 8.95. The lowest BCUT2D eigenvalue weighted by Crippen LogP contribution is -2.31. The number of thiazole rings is 1. The van der Waals surface area contributed by atoms with Crippen LogP contribution in [-0.4, -0.2) is 42.2 Å². The monoisotopic (exact) mass is 522 g/mol. The molecule has 188 valence electrons. The number of pyridine rings is 1. The third-order valence-electron chi connectivity index (χ3n) is 6.03. The highest BCUT2D eigenvalue weighted by Gasteiger charge is 2.25. The first-order chi connectivity index (χ1) is 17.3. The van der Waals surface area contributed by atoms with Crippen LogP contribution in [0.25, 0.3) is 10.2 Å². The second-order valence-corrected chi connectivity index (χ2v) is 11.6. The lowest BCUT2D eigenvalue weighted by Gasteiger charge is -2.20. The van der Waals surface area contributed by atoms with Crippen molar-refractivity contribution >= 4 is 42.6 Å². The molecule has 0 aliphatic rings. The van der Waals surface area contributed by atoms with Gasteiger partial charge in [-0.05, 0) is 60.9 Å². The van der Waals surface area contributed by atoms with E-state index in [0.29, 0.717) is 17.2 Å². The number of fused-ring (bicyclic) bond motifs is 1. The molecule has 0 unspecified atom stereocenters. The molecule has 0 bridgehead atoms. The van der Waals surface area contributed by atoms with Crippen molar-refractivity contribution in [3.05, 3.63) is 83.7 Å². The van der Waals surface area contributed by atoms with E-state index in [0.717, 1.165) is 40.7 Å². The average Bonchev–Trinajstić information content (AvgIpc) is 3.34. The lowest BCUT2D eigenvalue weighted by atomic mass is 10.1. The van der Waals surface area contributed by atoms with Crippen LogP contribution in [0.4, 0.5) is 5.13 Å². The van der Waals surface area contributed by atoms with E-state index >= 15 is 0 Å². The Bertz CT molecular complexity index is 1440. The number of unbranched alkanes of at least 4 members (excludes halogenated alkanes) is 1. The van der Waals surface area contributed by atoms with Crippen molar-refractivity contribution in [3.8, 4) is 0 Å². The molecule has 0 aliphatic heterocycles. The van der Waals surface area contributed by atoms with Gasteiger partial charge in [-0.3, -0.25) is 14.7 Å². The van der Waals surface area contributed by atoms with Crippen LogP contribution in [0.2, 0.25) is 0 Å². The van der Waals surface area contributed by atoms with E-state index in [1.165, 1.54) is 27.8 Å². The summed E-state index contributed by atoms with van der Waals surface area (Å²) in [4.78, 5) is 24.7. The van der Waals surface area contributed by atoms with Gasteiger partial charge in [0, 0.05) is 25.4 Å². The van der Waals surface area contributed by atoms with Crippen molar-refractivity contribution in [2.45, 2.75) is 44.6 Å². The predicted octanol–water partition coefficient (Wildman–Crippen LogP) is 5.52. The number of aryl methyl sites for hydroxylation is 1. The highest BCUT2D eigenvalue weighted by atomic mass is 32.2. The van der Waals surface area contributed by atoms with Crippen molar-refractivity contribution in [1.29, 1.82) is 0 Å². The largest absolute Gasteiger partial charge is 0.278 e. The number of nitrogens with zero attached hydrogens (tertiary/aromatic N) is 4. The van der Waals surface area contributed by atoms with Crippen LogP contribution in [0.5, 0.6) is 0 Å². The summed E-state index contributed by atoms with van der Waals surface area (Å²) in [5, 5.41) is 0.581. The lowest BCUT2D eigenvalue weighted by molar-refractivity contribution is 0.0984. The van der Waals surface area contributed by atoms with Crippen LogP contribution < -0.4 is 4.90 Å². The fourth-order valence-corrected chi connectivity index (χ4v) is 6.10. The molecule has 1 amide bonds. The number of carbonyl (C=O) groups excluding carboxylic acids is 1. The average molecular weight is 523 g/mol. The van der Waals surface area contributed by atoms with Gasteiger partial charge in [0.05, 0.1) is 27.4 Å². The summed E-state index contributed by atoms with van der Waals surface area (Å²) in [5.74, 6) is -0.263. The summed E-state index contributed by atoms with van der Waals surface area (Å²) in [7, 11) is -2.03. The molecule has 0 radical (unpaired) electrons. The Morgan fingerprint density at radius 2 is 1.78 bits per heavy atom. The zero-order valence-electron chi connectivity index (χ0n) is 20.7. The molecule has 2 aromatic carbocycles. The molecular weight excluding hydrogens is 492 g/mol. The van der Waals surface area contributed by atoms with E-state index in [2.05, 4.69) is 11.9 Å². The number of sulfonamides is 1. The second kappa shape index (κ2) is 11.3. The first-order valence-electron chi connectivity index (χ1n) is 12.0. The SMILES string of the molecule is CCCCN(C)S(=O)(=O)c1ccc(C(=O)N(Cc2ccccn2)c2nc3c(CC)cccc3s2)cc1. The van der Waals surface area contributed by atoms with E-state index in [4.69, 9.17) is 4.98 Å². The van der Waals surface area contributed by atoms with E-state index in [1.807, 2.05) is 43.3 Å². The first kappa shape index (κ1) is 25.9. The number of anilines is 1. The van der Waals surface area contributed by atoms with Crippen LogP contribution >= 0.6 is 11.3 Å². The van der Waals surface area contributed by atoms with Gasteiger partial charge in [0.2, 0.25) is 10.0 Å². The van der Waals surface area contributed by atoms with Crippen molar-refractivity contribution in [2.24, 2.45) is 0 Å². The summed E-state index contributed by atoms with van der Waals surface area (Å²) >= 11 is 1.46. The Hall–Kier alpha value is -3.14. The van der Waals surface area contributed by atoms with Crippen molar-refractivity contribution in [2.75, 3.05) is 18.5 Å². The molecule has 0 saturated carbocycles. The summed E-state index contributed by atoms with van der Waals surface area (Å²) in [6, 6.07) is 17.8. The predicted molar refractivity (Wildman–Crippen MR) is 145 cm³/mol. The maximum atomic E-state index is 13.7. The van der Waals surface area contributed by atoms with Crippen molar-refractivity contribution < 1.29 is 13.2 Å². The number of aromatic nitrogens is 2. The fourth-order valence-electron chi connectivity index (χ4n) is 3.88. The van der Waals surface area contributed by atoms with E-state index < -0.39 is 10.0 Å². The number of rotatable bonds is 10. The molecule has 0 saturated heterocycles. The minimum Gasteiger partial charge on any atom is -0.278 e. The molecule has 0 N–H and O–H groups in total. The number of hydrogen-bond donors (Lipinski definition) is 0. The van der Waals surface area contributed by atoms with Crippen molar-refractivity contribution in [1.82, 2.24) is 14.3 Å². The minimum absolute atomic E-state index is 0.168. The maximum Gasteiger partial charge on any atom is 0.260 e. The quantitative estimate of drug-likeness (QED) is 0.274. The van der Waals surface area contributed by atoms with Gasteiger partial charge in [-0.2, -0.15) is 0 Å². The van der Waals surface area contributed by atoms with Crippen LogP contribution in [-0.2, 0) is 23.0 Å². The normalized spacial score (nSPS) is 11.8. The topological polar surface area (TPSA) is 83.5 Å². The fraction of sp³-hybridized carbons (Fsp3) is 0.296. The van der Waals surface area contributed by atoms with Gasteiger partial charge in [0.25, 0.3) is 5.91 Å². The minimum atomic E-state index is -3.61. The van der Waals surface area contributed by atoms with Crippen LogP contribution in [0, 0.1) is 0 Å². The summed E-state index contributed by atoms with van der Waals surface area (Å²) in [5.41, 5.74) is 3.14. The van der Waals surface area contributed by atoms with Crippen LogP contribution in [0.3, 0.4) is 0 Å². The Kier molecular flexibility index (Phi) is 8.13. The molecule has 36 heavy (non-hydrogen) atoms. The van der Waals surface area contributed by atoms with Gasteiger partial charge in [-0.1, -0.05) is 49.8 Å². The number of amides is 1. The molecular formula is C27H30N4O3S2. The maximum absolute atomic E-state index is 13.7. The molecule has 7 nitrogen and oxygen atoms in total. The van der Waals surface area contributed by atoms with Gasteiger partial charge in [0.1, 0.15) is 0 Å². The van der Waals surface area contributed by atoms with Crippen LogP contribution in [0.1, 0.15) is 48.3 Å². The molecule has 0 fully saturated rings. The number of hydrogen-bond acceptors (Lipinski definition) is 6. The molecule has 4 aromatic rings. The molecule has 9 heteroatoms. The van der Waals surface area contributed by atoms with Gasteiger partial charge < -0.3 is 0 Å². The van der Waals surface area contributed by atoms with Gasteiger partial charge in [-0.25, -0.2) is 17.7 Å². The van der Waals surface area contributed by atoms with Gasteiger partial charge in [0.15, 0.2) is 5.13 Å². The molecule has 2 aromatic heterocycles. The van der Waals surface area contributed by atoms with Crippen LogP contribution in [0.15, 0.2) is 71.8 Å². The Labute approximate surface area is 216 Å². The highest BCUT2D eigenvalue weighted by Crippen LogP contribution is 2.32. The molecule has 0 spiro atoms. The molecule has 0 atom stereocenters. The van der Waals surface area contributed by atoms with E-state index in [1.54, 1.807) is 30.3 Å². The van der Waals surface area contributed by atoms with E-state index in [9.17, 15) is 13.2 Å². The zero-order valence-corrected chi connectivity index (χ0v) is 22.3. The second-order valence-electron chi connectivity index (χ2n) is 8.53. The molecule has 2 heterocycles. The third kappa shape index (κ3) is 5.48. The van der Waals surface area contributed by atoms with Gasteiger partial charge >= 0.3 is 0 Å². The summed E-state index contributed by atoms with van der Waals surface area (Å²) in [6.07, 6.45) is 4.24. The molecule has 4 rings (SSSR count). The smallest absolute Gasteiger partial charge is 0.260 e. The van der Waals surface area contributed by atoms with E-state index in [-0.39, 0.29) is 17.3 Å². The van der Waals surface area contributed by atoms with Gasteiger partial charge in [-0.15, -0.1) is 0 Å². The Morgan fingerprint density at radius 1 is 1.00 bits per heavy atom.